The van der Waals surface area contributed by atoms with Crippen molar-refractivity contribution < 1.29 is 0 Å². The Bertz CT molecular complexity index is 731. The van der Waals surface area contributed by atoms with Crippen LogP contribution in [0.4, 0.5) is 0 Å². The second-order valence-corrected chi connectivity index (χ2v) is 5.18. The first-order valence-corrected chi connectivity index (χ1v) is 7.47. The van der Waals surface area contributed by atoms with Gasteiger partial charge in [0, 0.05) is 18.0 Å². The van der Waals surface area contributed by atoms with Gasteiger partial charge in [0.15, 0.2) is 0 Å². The summed E-state index contributed by atoms with van der Waals surface area (Å²) in [5, 5.41) is 0. The summed E-state index contributed by atoms with van der Waals surface area (Å²) >= 11 is 5.94. The molecule has 0 aliphatic heterocycles. The molecule has 0 unspecified atom stereocenters. The van der Waals surface area contributed by atoms with Crippen molar-refractivity contribution in [3.8, 4) is 11.4 Å². The number of hydrogen-bond donors (Lipinski definition) is 0. The number of imidazole rings is 1. The lowest BCUT2D eigenvalue weighted by Gasteiger charge is -2.08. The van der Waals surface area contributed by atoms with Gasteiger partial charge >= 0.3 is 0 Å². The molecule has 0 N–H and O–H groups in total. The van der Waals surface area contributed by atoms with Crippen LogP contribution >= 0.6 is 11.6 Å². The van der Waals surface area contributed by atoms with E-state index in [1.54, 1.807) is 0 Å². The Hall–Kier alpha value is -1.80. The number of benzene rings is 2. The van der Waals surface area contributed by atoms with Gasteiger partial charge in [-0.15, -0.1) is 11.6 Å². The van der Waals surface area contributed by atoms with Crippen molar-refractivity contribution in [3.05, 3.63) is 54.1 Å². The molecular weight excluding hydrogens is 268 g/mol. The Balaban J connectivity index is 2.21. The summed E-state index contributed by atoms with van der Waals surface area (Å²) in [6.45, 7) is 3.16. The third-order valence-corrected chi connectivity index (χ3v) is 3.75. The van der Waals surface area contributed by atoms with Crippen molar-refractivity contribution in [1.82, 2.24) is 9.55 Å². The van der Waals surface area contributed by atoms with Crippen LogP contribution in [0.2, 0.25) is 0 Å². The summed E-state index contributed by atoms with van der Waals surface area (Å²) in [5.74, 6) is 1.56. The van der Waals surface area contributed by atoms with E-state index in [4.69, 9.17) is 16.6 Å². The predicted octanol–water partition coefficient (Wildman–Crippen LogP) is 4.85. The van der Waals surface area contributed by atoms with E-state index in [9.17, 15) is 0 Å². The highest BCUT2D eigenvalue weighted by atomic mass is 35.5. The Morgan fingerprint density at radius 1 is 1.10 bits per heavy atom. The average molecular weight is 285 g/mol. The van der Waals surface area contributed by atoms with E-state index in [0.717, 1.165) is 35.4 Å². The van der Waals surface area contributed by atoms with Crippen molar-refractivity contribution in [1.29, 1.82) is 0 Å². The van der Waals surface area contributed by atoms with Crippen LogP contribution in [0.25, 0.3) is 22.4 Å². The van der Waals surface area contributed by atoms with Gasteiger partial charge in [0.25, 0.3) is 0 Å². The first-order chi connectivity index (χ1) is 9.83. The standard InChI is InChI=1S/C17H17ClN2/c1-2-10-20-16-9-4-3-8-15(16)19-17(20)14-7-5-6-13(11-14)12-18/h3-9,11H,2,10,12H2,1H3. The summed E-state index contributed by atoms with van der Waals surface area (Å²) in [6, 6.07) is 16.6. The Kier molecular flexibility index (Phi) is 3.75. The zero-order chi connectivity index (χ0) is 13.9. The average Bonchev–Trinajstić information content (AvgIpc) is 2.87. The Morgan fingerprint density at radius 2 is 1.95 bits per heavy atom. The summed E-state index contributed by atoms with van der Waals surface area (Å²) in [6.07, 6.45) is 1.09. The second-order valence-electron chi connectivity index (χ2n) is 4.91. The number of aromatic nitrogens is 2. The van der Waals surface area contributed by atoms with Gasteiger partial charge in [-0.05, 0) is 30.2 Å². The van der Waals surface area contributed by atoms with Crippen LogP contribution in [0.3, 0.4) is 0 Å². The molecule has 2 aromatic carbocycles. The molecule has 0 saturated heterocycles. The number of halogens is 1. The zero-order valence-electron chi connectivity index (χ0n) is 11.5. The van der Waals surface area contributed by atoms with E-state index < -0.39 is 0 Å². The lowest BCUT2D eigenvalue weighted by Crippen LogP contribution is -1.99. The number of fused-ring (bicyclic) bond motifs is 1. The highest BCUT2D eigenvalue weighted by molar-refractivity contribution is 6.17. The largest absolute Gasteiger partial charge is 0.324 e. The maximum absolute atomic E-state index is 5.94. The van der Waals surface area contributed by atoms with Gasteiger partial charge in [-0.3, -0.25) is 0 Å². The molecule has 0 aliphatic rings. The SMILES string of the molecule is CCCn1c(-c2cccc(CCl)c2)nc2ccccc21. The lowest BCUT2D eigenvalue weighted by atomic mass is 10.1. The van der Waals surface area contributed by atoms with Crippen molar-refractivity contribution in [3.63, 3.8) is 0 Å². The van der Waals surface area contributed by atoms with Gasteiger partial charge in [-0.1, -0.05) is 37.3 Å². The maximum Gasteiger partial charge on any atom is 0.141 e. The molecule has 0 atom stereocenters. The molecular formula is C17H17ClN2. The van der Waals surface area contributed by atoms with E-state index in [1.807, 2.05) is 18.2 Å². The van der Waals surface area contributed by atoms with Crippen molar-refractivity contribution in [2.24, 2.45) is 0 Å². The fourth-order valence-corrected chi connectivity index (χ4v) is 2.71. The number of para-hydroxylation sites is 2. The van der Waals surface area contributed by atoms with E-state index in [0.29, 0.717) is 5.88 Å². The molecule has 0 spiro atoms. The molecule has 0 fully saturated rings. The Morgan fingerprint density at radius 3 is 2.75 bits per heavy atom. The summed E-state index contributed by atoms with van der Waals surface area (Å²) < 4.78 is 2.29. The van der Waals surface area contributed by atoms with E-state index in [-0.39, 0.29) is 0 Å². The first kappa shape index (κ1) is 13.2. The minimum absolute atomic E-state index is 0.530. The van der Waals surface area contributed by atoms with Gasteiger partial charge < -0.3 is 4.57 Å². The fourth-order valence-electron chi connectivity index (χ4n) is 2.54. The molecule has 20 heavy (non-hydrogen) atoms. The first-order valence-electron chi connectivity index (χ1n) is 6.94. The molecule has 0 bridgehead atoms. The molecule has 3 heteroatoms. The highest BCUT2D eigenvalue weighted by Gasteiger charge is 2.11. The topological polar surface area (TPSA) is 17.8 Å². The molecule has 1 aromatic heterocycles. The van der Waals surface area contributed by atoms with Crippen LogP contribution in [-0.4, -0.2) is 9.55 Å². The summed E-state index contributed by atoms with van der Waals surface area (Å²) in [7, 11) is 0. The van der Waals surface area contributed by atoms with E-state index in [2.05, 4.69) is 41.8 Å². The quantitative estimate of drug-likeness (QED) is 0.626. The smallest absolute Gasteiger partial charge is 0.141 e. The van der Waals surface area contributed by atoms with Crippen LogP contribution in [0.15, 0.2) is 48.5 Å². The third kappa shape index (κ3) is 2.32. The van der Waals surface area contributed by atoms with Crippen LogP contribution in [-0.2, 0) is 12.4 Å². The fraction of sp³-hybridized carbons (Fsp3) is 0.235. The minimum atomic E-state index is 0.530. The molecule has 102 valence electrons. The van der Waals surface area contributed by atoms with Gasteiger partial charge in [0.05, 0.1) is 11.0 Å². The number of aryl methyl sites for hydroxylation is 1. The van der Waals surface area contributed by atoms with Gasteiger partial charge in [0.1, 0.15) is 5.82 Å². The van der Waals surface area contributed by atoms with Crippen LogP contribution in [0, 0.1) is 0 Å². The van der Waals surface area contributed by atoms with Gasteiger partial charge in [-0.2, -0.15) is 0 Å². The number of rotatable bonds is 4. The molecule has 2 nitrogen and oxygen atoms in total. The molecule has 0 aliphatic carbocycles. The molecule has 1 heterocycles. The van der Waals surface area contributed by atoms with Crippen molar-refractivity contribution in [2.45, 2.75) is 25.8 Å². The van der Waals surface area contributed by atoms with E-state index in [1.165, 1.54) is 5.52 Å². The number of nitrogens with zero attached hydrogens (tertiary/aromatic N) is 2. The maximum atomic E-state index is 5.94. The molecule has 0 radical (unpaired) electrons. The zero-order valence-corrected chi connectivity index (χ0v) is 12.3. The Labute approximate surface area is 124 Å². The van der Waals surface area contributed by atoms with Crippen molar-refractivity contribution >= 4 is 22.6 Å². The van der Waals surface area contributed by atoms with Gasteiger partial charge in [0.2, 0.25) is 0 Å². The molecule has 0 saturated carbocycles. The lowest BCUT2D eigenvalue weighted by molar-refractivity contribution is 0.704. The number of hydrogen-bond acceptors (Lipinski definition) is 1. The summed E-state index contributed by atoms with van der Waals surface area (Å²) in [5.41, 5.74) is 4.50. The monoisotopic (exact) mass is 284 g/mol. The molecule has 3 rings (SSSR count). The van der Waals surface area contributed by atoms with Crippen LogP contribution in [0.1, 0.15) is 18.9 Å². The van der Waals surface area contributed by atoms with Crippen LogP contribution in [0.5, 0.6) is 0 Å². The normalized spacial score (nSPS) is 11.1. The highest BCUT2D eigenvalue weighted by Crippen LogP contribution is 2.26. The molecule has 0 amide bonds. The summed E-state index contributed by atoms with van der Waals surface area (Å²) in [4.78, 5) is 4.80. The van der Waals surface area contributed by atoms with Crippen molar-refractivity contribution in [2.75, 3.05) is 0 Å². The third-order valence-electron chi connectivity index (χ3n) is 3.44. The minimum Gasteiger partial charge on any atom is -0.324 e. The van der Waals surface area contributed by atoms with Gasteiger partial charge in [-0.25, -0.2) is 4.98 Å². The second kappa shape index (κ2) is 5.68. The molecule has 3 aromatic rings. The van der Waals surface area contributed by atoms with Crippen LogP contribution < -0.4 is 0 Å². The predicted molar refractivity (Wildman–Crippen MR) is 85.0 cm³/mol. The van der Waals surface area contributed by atoms with E-state index >= 15 is 0 Å². The number of alkyl halides is 1.